The van der Waals surface area contributed by atoms with Crippen LogP contribution in [0, 0.1) is 11.6 Å². The van der Waals surface area contributed by atoms with Gasteiger partial charge in [0.1, 0.15) is 23.3 Å². The molecule has 1 aliphatic heterocycles. The highest BCUT2D eigenvalue weighted by molar-refractivity contribution is 7.15. The van der Waals surface area contributed by atoms with Gasteiger partial charge in [-0.1, -0.05) is 19.9 Å². The molecule has 1 saturated heterocycles. The van der Waals surface area contributed by atoms with Crippen LogP contribution >= 0.6 is 11.3 Å². The molecule has 1 fully saturated rings. The van der Waals surface area contributed by atoms with Gasteiger partial charge in [0.2, 0.25) is 5.95 Å². The first-order chi connectivity index (χ1) is 13.9. The van der Waals surface area contributed by atoms with Crippen molar-refractivity contribution in [1.82, 2.24) is 15.0 Å². The lowest BCUT2D eigenvalue weighted by Gasteiger charge is -2.26. The third-order valence-corrected chi connectivity index (χ3v) is 6.14. The first kappa shape index (κ1) is 19.5. The Morgan fingerprint density at radius 2 is 2.07 bits per heavy atom. The molecule has 0 spiro atoms. The van der Waals surface area contributed by atoms with Gasteiger partial charge in [0.25, 0.3) is 0 Å². The number of thiazole rings is 1. The molecular weight excluding hydrogens is 394 g/mol. The van der Waals surface area contributed by atoms with Crippen LogP contribution < -0.4 is 16.0 Å². The van der Waals surface area contributed by atoms with Gasteiger partial charge in [-0.2, -0.15) is 9.97 Å². The largest absolute Gasteiger partial charge is 0.368 e. The Labute approximate surface area is 171 Å². The Balaban J connectivity index is 1.62. The molecule has 152 valence electrons. The maximum absolute atomic E-state index is 14.4. The van der Waals surface area contributed by atoms with E-state index in [1.54, 1.807) is 17.4 Å². The van der Waals surface area contributed by atoms with Crippen molar-refractivity contribution < 1.29 is 8.78 Å². The fourth-order valence-electron chi connectivity index (χ4n) is 3.52. The first-order valence-corrected chi connectivity index (χ1v) is 10.3. The minimum absolute atomic E-state index is 0.121. The maximum atomic E-state index is 14.4. The minimum atomic E-state index is -0.585. The third-order valence-electron chi connectivity index (χ3n) is 4.93. The Morgan fingerprint density at radius 3 is 2.79 bits per heavy atom. The van der Waals surface area contributed by atoms with E-state index < -0.39 is 11.6 Å². The van der Waals surface area contributed by atoms with E-state index in [1.165, 1.54) is 17.0 Å². The molecule has 2 aromatic heterocycles. The van der Waals surface area contributed by atoms with Crippen LogP contribution in [0.2, 0.25) is 0 Å². The van der Waals surface area contributed by atoms with Crippen LogP contribution in [0.3, 0.4) is 0 Å². The fraction of sp³-hybridized carbons (Fsp3) is 0.350. The van der Waals surface area contributed by atoms with E-state index in [0.29, 0.717) is 29.7 Å². The second-order valence-electron chi connectivity index (χ2n) is 7.33. The molecule has 0 amide bonds. The normalized spacial score (nSPS) is 16.6. The molecule has 1 aliphatic rings. The number of nitrogens with one attached hydrogen (secondary N) is 1. The Hall–Kier alpha value is -2.81. The van der Waals surface area contributed by atoms with Crippen LogP contribution in [-0.4, -0.2) is 21.5 Å². The standard InChI is InChI=1S/C20H22F2N6S/c1-11(2)16-10-24-20(29-16)26-17-9-18(27-19(23)25-17)28-7-3-4-15(28)13-6-5-12(21)8-14(13)22/h5-6,8-11,15H,3-4,7H2,1-2H3,(H3,23,24,25,26,27). The van der Waals surface area contributed by atoms with E-state index in [4.69, 9.17) is 5.73 Å². The van der Waals surface area contributed by atoms with E-state index in [2.05, 4.69) is 34.1 Å². The molecule has 0 bridgehead atoms. The van der Waals surface area contributed by atoms with Gasteiger partial charge in [-0.25, -0.2) is 13.8 Å². The lowest BCUT2D eigenvalue weighted by atomic mass is 10.0. The van der Waals surface area contributed by atoms with Crippen molar-refractivity contribution in [2.45, 2.75) is 38.6 Å². The molecule has 3 heterocycles. The molecule has 6 nitrogen and oxygen atoms in total. The number of hydrogen-bond acceptors (Lipinski definition) is 7. The van der Waals surface area contributed by atoms with Crippen LogP contribution in [0.4, 0.5) is 31.5 Å². The lowest BCUT2D eigenvalue weighted by Crippen LogP contribution is -2.25. The number of nitrogen functional groups attached to an aromatic ring is 1. The van der Waals surface area contributed by atoms with Crippen molar-refractivity contribution >= 4 is 34.1 Å². The van der Waals surface area contributed by atoms with Crippen molar-refractivity contribution in [3.63, 3.8) is 0 Å². The highest BCUT2D eigenvalue weighted by Gasteiger charge is 2.30. The summed E-state index contributed by atoms with van der Waals surface area (Å²) in [5.41, 5.74) is 6.39. The molecule has 3 aromatic rings. The molecule has 1 atom stereocenters. The van der Waals surface area contributed by atoms with Gasteiger partial charge in [0, 0.05) is 35.3 Å². The SMILES string of the molecule is CC(C)c1cnc(Nc2cc(N3CCCC3c3ccc(F)cc3F)nc(N)n2)s1. The van der Waals surface area contributed by atoms with E-state index >= 15 is 0 Å². The van der Waals surface area contributed by atoms with Crippen molar-refractivity contribution in [3.8, 4) is 0 Å². The zero-order valence-electron chi connectivity index (χ0n) is 16.2. The summed E-state index contributed by atoms with van der Waals surface area (Å²) < 4.78 is 27.7. The summed E-state index contributed by atoms with van der Waals surface area (Å²) in [5, 5.41) is 3.91. The van der Waals surface area contributed by atoms with Gasteiger partial charge in [-0.05, 0) is 24.8 Å². The van der Waals surface area contributed by atoms with Crippen molar-refractivity contribution in [2.75, 3.05) is 22.5 Å². The number of halogens is 2. The molecule has 1 unspecified atom stereocenters. The average molecular weight is 417 g/mol. The smallest absolute Gasteiger partial charge is 0.223 e. The number of anilines is 4. The minimum Gasteiger partial charge on any atom is -0.368 e. The molecule has 0 saturated carbocycles. The Kier molecular flexibility index (Phi) is 5.31. The molecule has 0 aliphatic carbocycles. The van der Waals surface area contributed by atoms with Crippen LogP contribution in [0.5, 0.6) is 0 Å². The molecule has 1 aromatic carbocycles. The highest BCUT2D eigenvalue weighted by Crippen LogP contribution is 2.37. The van der Waals surface area contributed by atoms with Gasteiger partial charge in [0.05, 0.1) is 6.04 Å². The number of aromatic nitrogens is 3. The van der Waals surface area contributed by atoms with Crippen LogP contribution in [-0.2, 0) is 0 Å². The summed E-state index contributed by atoms with van der Waals surface area (Å²) in [5.74, 6) is 0.513. The van der Waals surface area contributed by atoms with Crippen LogP contribution in [0.25, 0.3) is 0 Å². The highest BCUT2D eigenvalue weighted by atomic mass is 32.1. The fourth-order valence-corrected chi connectivity index (χ4v) is 4.35. The monoisotopic (exact) mass is 416 g/mol. The molecule has 3 N–H and O–H groups in total. The zero-order chi connectivity index (χ0) is 20.5. The summed E-state index contributed by atoms with van der Waals surface area (Å²) in [7, 11) is 0. The number of hydrogen-bond donors (Lipinski definition) is 2. The van der Waals surface area contributed by atoms with Crippen LogP contribution in [0.1, 0.15) is 49.1 Å². The zero-order valence-corrected chi connectivity index (χ0v) is 17.0. The molecule has 29 heavy (non-hydrogen) atoms. The third kappa shape index (κ3) is 4.14. The van der Waals surface area contributed by atoms with Crippen molar-refractivity contribution in [1.29, 1.82) is 0 Å². The average Bonchev–Trinajstić information content (AvgIpc) is 3.31. The van der Waals surface area contributed by atoms with Crippen molar-refractivity contribution in [2.24, 2.45) is 0 Å². The second kappa shape index (κ2) is 7.90. The topological polar surface area (TPSA) is 80.0 Å². The quantitative estimate of drug-likeness (QED) is 0.609. The molecular formula is C20H22F2N6S. The van der Waals surface area contributed by atoms with E-state index in [1.807, 2.05) is 11.1 Å². The first-order valence-electron chi connectivity index (χ1n) is 9.49. The van der Waals surface area contributed by atoms with E-state index in [9.17, 15) is 8.78 Å². The summed E-state index contributed by atoms with van der Waals surface area (Å²) in [4.78, 5) is 16.1. The summed E-state index contributed by atoms with van der Waals surface area (Å²) >= 11 is 1.56. The Bertz CT molecular complexity index is 1020. The predicted molar refractivity (Wildman–Crippen MR) is 112 cm³/mol. The van der Waals surface area contributed by atoms with Crippen molar-refractivity contribution in [3.05, 3.63) is 52.5 Å². The summed E-state index contributed by atoms with van der Waals surface area (Å²) in [6, 6.07) is 5.25. The van der Waals surface area contributed by atoms with Gasteiger partial charge in [-0.3, -0.25) is 0 Å². The van der Waals surface area contributed by atoms with Gasteiger partial charge in [-0.15, -0.1) is 11.3 Å². The molecule has 0 radical (unpaired) electrons. The van der Waals surface area contributed by atoms with Crippen LogP contribution in [0.15, 0.2) is 30.5 Å². The van der Waals surface area contributed by atoms with E-state index in [0.717, 1.165) is 24.0 Å². The number of nitrogens with two attached hydrogens (primary N) is 1. The van der Waals surface area contributed by atoms with Gasteiger partial charge < -0.3 is 16.0 Å². The Morgan fingerprint density at radius 1 is 1.24 bits per heavy atom. The number of nitrogens with zero attached hydrogens (tertiary/aromatic N) is 4. The van der Waals surface area contributed by atoms with E-state index in [-0.39, 0.29) is 12.0 Å². The second-order valence-corrected chi connectivity index (χ2v) is 8.40. The number of benzene rings is 1. The van der Waals surface area contributed by atoms with Gasteiger partial charge in [0.15, 0.2) is 5.13 Å². The maximum Gasteiger partial charge on any atom is 0.223 e. The number of rotatable bonds is 5. The summed E-state index contributed by atoms with van der Waals surface area (Å²) in [6.45, 7) is 4.92. The molecule has 4 rings (SSSR count). The molecule has 9 heteroatoms. The predicted octanol–water partition coefficient (Wildman–Crippen LogP) is 5.00. The summed E-state index contributed by atoms with van der Waals surface area (Å²) in [6.07, 6.45) is 3.47. The van der Waals surface area contributed by atoms with Gasteiger partial charge >= 0.3 is 0 Å². The lowest BCUT2D eigenvalue weighted by molar-refractivity contribution is 0.553.